The Morgan fingerprint density at radius 2 is 2.36 bits per heavy atom. The van der Waals surface area contributed by atoms with Crippen molar-refractivity contribution in [1.29, 1.82) is 0 Å². The number of hydrogen-bond donors (Lipinski definition) is 1. The molecule has 0 atom stereocenters. The second-order valence-corrected chi connectivity index (χ2v) is 3.47. The van der Waals surface area contributed by atoms with E-state index in [0.29, 0.717) is 18.3 Å². The van der Waals surface area contributed by atoms with Gasteiger partial charge in [0.1, 0.15) is 5.75 Å². The van der Waals surface area contributed by atoms with Crippen molar-refractivity contribution in [3.8, 4) is 5.75 Å². The summed E-state index contributed by atoms with van der Waals surface area (Å²) in [6, 6.07) is 1.50. The molecule has 4 heteroatoms. The maximum atomic E-state index is 10.6. The summed E-state index contributed by atoms with van der Waals surface area (Å²) in [5.41, 5.74) is 0.165. The van der Waals surface area contributed by atoms with E-state index in [9.17, 15) is 4.79 Å². The van der Waals surface area contributed by atoms with Crippen molar-refractivity contribution >= 4 is 5.97 Å². The van der Waals surface area contributed by atoms with Gasteiger partial charge in [-0.1, -0.05) is 0 Å². The van der Waals surface area contributed by atoms with E-state index in [1.54, 1.807) is 0 Å². The minimum absolute atomic E-state index is 0.165. The molecule has 0 unspecified atom stereocenters. The average molecular weight is 193 g/mol. The van der Waals surface area contributed by atoms with Crippen molar-refractivity contribution in [1.82, 2.24) is 4.98 Å². The van der Waals surface area contributed by atoms with Crippen LogP contribution in [-0.2, 0) is 0 Å². The van der Waals surface area contributed by atoms with Crippen LogP contribution in [0.25, 0.3) is 0 Å². The normalized spacial score (nSPS) is 15.1. The highest BCUT2D eigenvalue weighted by molar-refractivity contribution is 5.87. The van der Waals surface area contributed by atoms with E-state index in [1.165, 1.54) is 31.3 Å². The molecule has 1 aliphatic rings. The smallest absolute Gasteiger partial charge is 0.337 e. The molecule has 1 heterocycles. The highest BCUT2D eigenvalue weighted by Gasteiger charge is 2.22. The van der Waals surface area contributed by atoms with Crippen molar-refractivity contribution in [2.45, 2.75) is 12.8 Å². The molecule has 1 aromatic rings. The van der Waals surface area contributed by atoms with E-state index in [-0.39, 0.29) is 5.56 Å². The van der Waals surface area contributed by atoms with Gasteiger partial charge < -0.3 is 9.84 Å². The van der Waals surface area contributed by atoms with Gasteiger partial charge in [0.2, 0.25) is 0 Å². The number of aromatic nitrogens is 1. The molecule has 0 aromatic carbocycles. The molecule has 1 aliphatic carbocycles. The number of ether oxygens (including phenoxy) is 1. The molecule has 74 valence electrons. The molecule has 1 fully saturated rings. The zero-order valence-corrected chi connectivity index (χ0v) is 7.64. The second-order valence-electron chi connectivity index (χ2n) is 3.47. The topological polar surface area (TPSA) is 59.4 Å². The van der Waals surface area contributed by atoms with Crippen LogP contribution < -0.4 is 4.74 Å². The Hall–Kier alpha value is -1.58. The Morgan fingerprint density at radius 3 is 3.00 bits per heavy atom. The minimum atomic E-state index is -0.977. The number of carbonyl (C=O) groups is 1. The number of carboxylic acid groups (broad SMARTS) is 1. The summed E-state index contributed by atoms with van der Waals surface area (Å²) in [5, 5.41) is 8.70. The quantitative estimate of drug-likeness (QED) is 0.788. The number of carboxylic acids is 1. The van der Waals surface area contributed by atoms with Crippen molar-refractivity contribution < 1.29 is 14.6 Å². The lowest BCUT2D eigenvalue weighted by Crippen LogP contribution is -2.02. The molecule has 0 aliphatic heterocycles. The first-order chi connectivity index (χ1) is 6.75. The molecule has 0 amide bonds. The molecule has 4 nitrogen and oxygen atoms in total. The van der Waals surface area contributed by atoms with Gasteiger partial charge in [-0.25, -0.2) is 4.79 Å². The maximum absolute atomic E-state index is 10.6. The van der Waals surface area contributed by atoms with E-state index >= 15 is 0 Å². The number of rotatable bonds is 4. The van der Waals surface area contributed by atoms with Crippen LogP contribution in [0.2, 0.25) is 0 Å². The standard InChI is InChI=1S/C10H11NO3/c12-10(13)8-3-9(5-11-4-8)14-6-7-1-2-7/h3-5,7H,1-2,6H2,(H,12,13). The number of pyridine rings is 1. The fourth-order valence-corrected chi connectivity index (χ4v) is 1.11. The van der Waals surface area contributed by atoms with Gasteiger partial charge in [-0.3, -0.25) is 4.98 Å². The molecule has 0 saturated heterocycles. The Morgan fingerprint density at radius 1 is 1.57 bits per heavy atom. The summed E-state index contributed by atoms with van der Waals surface area (Å²) in [4.78, 5) is 14.4. The van der Waals surface area contributed by atoms with Crippen LogP contribution in [0, 0.1) is 5.92 Å². The van der Waals surface area contributed by atoms with E-state index in [2.05, 4.69) is 4.98 Å². The number of nitrogens with zero attached hydrogens (tertiary/aromatic N) is 1. The first-order valence-corrected chi connectivity index (χ1v) is 4.57. The van der Waals surface area contributed by atoms with Crippen LogP contribution in [0.3, 0.4) is 0 Å². The summed E-state index contributed by atoms with van der Waals surface area (Å²) in [6.07, 6.45) is 5.28. The largest absolute Gasteiger partial charge is 0.492 e. The van der Waals surface area contributed by atoms with Gasteiger partial charge in [0.25, 0.3) is 0 Å². The number of aromatic carboxylic acids is 1. The predicted octanol–water partition coefficient (Wildman–Crippen LogP) is 1.57. The lowest BCUT2D eigenvalue weighted by atomic mass is 10.3. The van der Waals surface area contributed by atoms with Crippen LogP contribution in [0.1, 0.15) is 23.2 Å². The Kier molecular flexibility index (Phi) is 2.35. The van der Waals surface area contributed by atoms with Crippen molar-refractivity contribution in [3.63, 3.8) is 0 Å². The fourth-order valence-electron chi connectivity index (χ4n) is 1.11. The van der Waals surface area contributed by atoms with Gasteiger partial charge in [-0.2, -0.15) is 0 Å². The molecular weight excluding hydrogens is 182 g/mol. The van der Waals surface area contributed by atoms with Crippen LogP contribution in [0.5, 0.6) is 5.75 Å². The summed E-state index contributed by atoms with van der Waals surface area (Å²) < 4.78 is 5.39. The zero-order chi connectivity index (χ0) is 9.97. The zero-order valence-electron chi connectivity index (χ0n) is 7.64. The summed E-state index contributed by atoms with van der Waals surface area (Å²) in [7, 11) is 0. The van der Waals surface area contributed by atoms with Crippen LogP contribution in [0.15, 0.2) is 18.5 Å². The monoisotopic (exact) mass is 193 g/mol. The molecule has 1 aromatic heterocycles. The lowest BCUT2D eigenvalue weighted by Gasteiger charge is -2.04. The van der Waals surface area contributed by atoms with Gasteiger partial charge in [0.15, 0.2) is 0 Å². The molecule has 1 saturated carbocycles. The van der Waals surface area contributed by atoms with Crippen molar-refractivity contribution in [2.24, 2.45) is 5.92 Å². The highest BCUT2D eigenvalue weighted by atomic mass is 16.5. The Labute approximate surface area is 81.5 Å². The average Bonchev–Trinajstić information content (AvgIpc) is 2.99. The van der Waals surface area contributed by atoms with Crippen molar-refractivity contribution in [2.75, 3.05) is 6.61 Å². The van der Waals surface area contributed by atoms with Crippen LogP contribution in [-0.4, -0.2) is 22.7 Å². The van der Waals surface area contributed by atoms with E-state index < -0.39 is 5.97 Å². The maximum Gasteiger partial charge on any atom is 0.337 e. The van der Waals surface area contributed by atoms with Gasteiger partial charge in [-0.05, 0) is 24.8 Å². The van der Waals surface area contributed by atoms with E-state index in [1.807, 2.05) is 0 Å². The molecule has 14 heavy (non-hydrogen) atoms. The summed E-state index contributed by atoms with van der Waals surface area (Å²) >= 11 is 0. The third-order valence-corrected chi connectivity index (χ3v) is 2.14. The first kappa shape index (κ1) is 8.99. The molecule has 0 bridgehead atoms. The van der Waals surface area contributed by atoms with Gasteiger partial charge >= 0.3 is 5.97 Å². The molecule has 2 rings (SSSR count). The minimum Gasteiger partial charge on any atom is -0.492 e. The van der Waals surface area contributed by atoms with Crippen molar-refractivity contribution in [3.05, 3.63) is 24.0 Å². The SMILES string of the molecule is O=C(O)c1cncc(OCC2CC2)c1. The molecule has 0 spiro atoms. The third kappa shape index (κ3) is 2.22. The lowest BCUT2D eigenvalue weighted by molar-refractivity contribution is 0.0696. The molecule has 0 radical (unpaired) electrons. The summed E-state index contributed by atoms with van der Waals surface area (Å²) in [5.74, 6) is 0.217. The van der Waals surface area contributed by atoms with Crippen LogP contribution >= 0.6 is 0 Å². The summed E-state index contributed by atoms with van der Waals surface area (Å²) in [6.45, 7) is 0.671. The third-order valence-electron chi connectivity index (χ3n) is 2.14. The van der Waals surface area contributed by atoms with Gasteiger partial charge in [0, 0.05) is 6.20 Å². The first-order valence-electron chi connectivity index (χ1n) is 4.57. The Balaban J connectivity index is 2.01. The highest BCUT2D eigenvalue weighted by Crippen LogP contribution is 2.29. The van der Waals surface area contributed by atoms with Crippen LogP contribution in [0.4, 0.5) is 0 Å². The van der Waals surface area contributed by atoms with E-state index in [4.69, 9.17) is 9.84 Å². The predicted molar refractivity (Wildman–Crippen MR) is 49.4 cm³/mol. The number of hydrogen-bond acceptors (Lipinski definition) is 3. The Bertz CT molecular complexity index is 347. The van der Waals surface area contributed by atoms with Gasteiger partial charge in [0.05, 0.1) is 18.4 Å². The second kappa shape index (κ2) is 3.65. The van der Waals surface area contributed by atoms with E-state index in [0.717, 1.165) is 0 Å². The fraction of sp³-hybridized carbons (Fsp3) is 0.400. The molecular formula is C10H11NO3. The molecule has 1 N–H and O–H groups in total. The van der Waals surface area contributed by atoms with Gasteiger partial charge in [-0.15, -0.1) is 0 Å².